The first kappa shape index (κ1) is 59.6. The average molecular weight is 1200 g/mol. The fourth-order valence-electron chi connectivity index (χ4n) is 13.1. The minimum Gasteiger partial charge on any atom is -0.311 e. The minimum atomic E-state index is 0. The van der Waals surface area contributed by atoms with Gasteiger partial charge in [-0.2, -0.15) is 0 Å². The van der Waals surface area contributed by atoms with Crippen molar-refractivity contribution in [2.45, 2.75) is 14.9 Å². The maximum Gasteiger partial charge on any atom is 0.252 e. The Morgan fingerprint density at radius 1 is 0.239 bits per heavy atom. The van der Waals surface area contributed by atoms with Crippen molar-refractivity contribution in [1.82, 2.24) is 0 Å². The van der Waals surface area contributed by atoms with E-state index in [1.54, 1.807) is 0 Å². The van der Waals surface area contributed by atoms with Crippen LogP contribution in [-0.2, 0) is 0 Å². The summed E-state index contributed by atoms with van der Waals surface area (Å²) in [6.07, 6.45) is 0. The molecule has 442 valence electrons. The van der Waals surface area contributed by atoms with Crippen molar-refractivity contribution in [2.24, 2.45) is 0 Å². The second-order valence-corrected chi connectivity index (χ2v) is 22.9. The van der Waals surface area contributed by atoms with E-state index in [4.69, 9.17) is 11.6 Å². The second kappa shape index (κ2) is 26.8. The molecule has 14 aromatic rings. The Morgan fingerprint density at radius 2 is 0.533 bits per heavy atom. The molecule has 0 atom stereocenters. The van der Waals surface area contributed by atoms with Gasteiger partial charge < -0.3 is 19.6 Å². The van der Waals surface area contributed by atoms with Crippen LogP contribution in [0.4, 0.5) is 68.2 Å². The molecule has 0 aliphatic carbocycles. The van der Waals surface area contributed by atoms with Crippen molar-refractivity contribution in [3.8, 4) is 44.5 Å². The second-order valence-electron chi connectivity index (χ2n) is 22.6. The Kier molecular flexibility index (Phi) is 17.3. The number of nitrogens with zero attached hydrogens (tertiary/aromatic N) is 4. The topological polar surface area (TPSA) is 13.0 Å². The number of hydrogen-bond acceptors (Lipinski definition) is 4. The summed E-state index contributed by atoms with van der Waals surface area (Å²) in [5, 5.41) is 0.653. The normalized spacial score (nSPS) is 11.5. The lowest BCUT2D eigenvalue weighted by molar-refractivity contribution is 1.25. The number of rotatable bonds is 12. The molecule has 2 aliphatic heterocycles. The van der Waals surface area contributed by atoms with E-state index in [2.05, 4.69) is 365 Å². The molecule has 0 radical (unpaired) electrons. The first-order valence-corrected chi connectivity index (χ1v) is 31.0. The molecule has 0 spiro atoms. The van der Waals surface area contributed by atoms with Crippen molar-refractivity contribution < 1.29 is 0 Å². The molecular formula is C86H68BClN4. The predicted octanol–water partition coefficient (Wildman–Crippen LogP) is 23.0. The zero-order valence-corrected chi connectivity index (χ0v) is 50.1. The molecule has 6 heteroatoms. The lowest BCUT2D eigenvalue weighted by Gasteiger charge is -2.44. The molecule has 0 bridgehead atoms. The van der Waals surface area contributed by atoms with Gasteiger partial charge in [-0.1, -0.05) is 269 Å². The SMILES string of the molecule is C.C.Clc1c(N(c2ccccc2)c2ccccc2)cccc1N(c1ccccc1)c1cc(-c2ccccc2)cc(-c2ccccc2)c1.c1ccc(-c2cc(-c3ccccc3)cc(N3c4ccccc4B4c5ccccc5N(c5ccccc5)c5cccc3c54)c2)cc1. The fraction of sp³-hybridized carbons (Fsp3) is 0.0233. The van der Waals surface area contributed by atoms with E-state index < -0.39 is 0 Å². The molecule has 0 fully saturated rings. The molecule has 0 saturated heterocycles. The molecule has 0 saturated carbocycles. The fourth-order valence-corrected chi connectivity index (χ4v) is 13.4. The lowest BCUT2D eigenvalue weighted by atomic mass is 9.33. The van der Waals surface area contributed by atoms with E-state index in [9.17, 15) is 0 Å². The van der Waals surface area contributed by atoms with Gasteiger partial charge in [-0.15, -0.1) is 0 Å². The van der Waals surface area contributed by atoms with Crippen LogP contribution in [0.2, 0.25) is 5.02 Å². The van der Waals surface area contributed by atoms with Crippen molar-refractivity contribution >= 4 is 103 Å². The largest absolute Gasteiger partial charge is 0.311 e. The minimum absolute atomic E-state index is 0. The summed E-state index contributed by atoms with van der Waals surface area (Å²) in [4.78, 5) is 9.40. The lowest BCUT2D eigenvalue weighted by Crippen LogP contribution is -2.61. The van der Waals surface area contributed by atoms with E-state index in [0.717, 1.165) is 62.1 Å². The molecule has 4 nitrogen and oxygen atoms in total. The third kappa shape index (κ3) is 11.5. The first-order chi connectivity index (χ1) is 44.6. The molecule has 2 heterocycles. The zero-order chi connectivity index (χ0) is 60.2. The summed E-state index contributed by atoms with van der Waals surface area (Å²) in [6, 6.07) is 129. The van der Waals surface area contributed by atoms with Gasteiger partial charge in [-0.05, 0) is 182 Å². The Morgan fingerprint density at radius 3 is 0.924 bits per heavy atom. The van der Waals surface area contributed by atoms with Crippen molar-refractivity contribution in [1.29, 1.82) is 0 Å². The number of fused-ring (bicyclic) bond motifs is 4. The van der Waals surface area contributed by atoms with Gasteiger partial charge >= 0.3 is 0 Å². The maximum absolute atomic E-state index is 7.53. The third-order valence-corrected chi connectivity index (χ3v) is 17.5. The standard InChI is InChI=1S/C42H29BN2.C42H31ClN2.2CH4/c1-4-15-30(16-5-1)32-27-33(31-17-6-2-7-18-31)29-35(28-32)45-39-24-13-11-22-37(39)43-36-21-10-12-23-38(36)44(34-19-8-3-9-20-34)40-25-14-26-41(45)42(40)43;43-42-40(44(36-21-10-3-11-22-36)37-23-12-4-13-24-37)27-16-28-41(42)45(38-25-14-5-15-26-38)39-30-34(32-17-6-1-7-18-32)29-35(31-39)33-19-8-2-9-20-33;;/h1-29H;1-31H;2*1H4. The molecule has 16 rings (SSSR count). The van der Waals surface area contributed by atoms with E-state index >= 15 is 0 Å². The summed E-state index contributed by atoms with van der Waals surface area (Å²) in [6.45, 7) is 0.130. The number of hydrogen-bond donors (Lipinski definition) is 0. The van der Waals surface area contributed by atoms with Crippen molar-refractivity contribution in [3.05, 3.63) is 369 Å². The molecule has 92 heavy (non-hydrogen) atoms. The summed E-state index contributed by atoms with van der Waals surface area (Å²) >= 11 is 7.53. The van der Waals surface area contributed by atoms with E-state index in [-0.39, 0.29) is 21.6 Å². The van der Waals surface area contributed by atoms with Gasteiger partial charge in [0.1, 0.15) is 0 Å². The molecule has 2 aliphatic rings. The summed E-state index contributed by atoms with van der Waals surface area (Å²) in [5.74, 6) is 0. The monoisotopic (exact) mass is 1200 g/mol. The Bertz CT molecular complexity index is 4630. The molecular weight excluding hydrogens is 1140 g/mol. The quantitative estimate of drug-likeness (QED) is 0.113. The van der Waals surface area contributed by atoms with Crippen LogP contribution in [-0.4, -0.2) is 6.71 Å². The van der Waals surface area contributed by atoms with Crippen LogP contribution in [0, 0.1) is 0 Å². The molecule has 0 N–H and O–H groups in total. The predicted molar refractivity (Wildman–Crippen MR) is 396 cm³/mol. The van der Waals surface area contributed by atoms with Crippen LogP contribution in [0.3, 0.4) is 0 Å². The molecule has 0 aromatic heterocycles. The van der Waals surface area contributed by atoms with Crippen LogP contribution in [0.1, 0.15) is 14.9 Å². The highest BCUT2D eigenvalue weighted by Gasteiger charge is 2.43. The van der Waals surface area contributed by atoms with Gasteiger partial charge in [0.15, 0.2) is 0 Å². The van der Waals surface area contributed by atoms with Crippen LogP contribution >= 0.6 is 11.6 Å². The first-order valence-electron chi connectivity index (χ1n) is 30.6. The number of halogens is 1. The summed E-state index contributed by atoms with van der Waals surface area (Å²) < 4.78 is 0. The van der Waals surface area contributed by atoms with Crippen LogP contribution in [0.5, 0.6) is 0 Å². The zero-order valence-electron chi connectivity index (χ0n) is 49.4. The van der Waals surface area contributed by atoms with Crippen LogP contribution < -0.4 is 36.0 Å². The van der Waals surface area contributed by atoms with Crippen LogP contribution in [0.25, 0.3) is 44.5 Å². The van der Waals surface area contributed by atoms with Gasteiger partial charge in [0.2, 0.25) is 0 Å². The maximum atomic E-state index is 7.53. The highest BCUT2D eigenvalue weighted by Crippen LogP contribution is 2.49. The molecule has 14 aromatic carbocycles. The Hall–Kier alpha value is -11.4. The van der Waals surface area contributed by atoms with E-state index in [1.165, 1.54) is 67.1 Å². The average Bonchev–Trinajstić information content (AvgIpc) is 0.715. The van der Waals surface area contributed by atoms with Gasteiger partial charge in [0, 0.05) is 56.9 Å². The number of benzene rings is 14. The molecule has 0 unspecified atom stereocenters. The number of para-hydroxylation sites is 6. The summed E-state index contributed by atoms with van der Waals surface area (Å²) in [7, 11) is 0. The van der Waals surface area contributed by atoms with Gasteiger partial charge in [0.05, 0.1) is 16.4 Å². The van der Waals surface area contributed by atoms with Gasteiger partial charge in [-0.3, -0.25) is 0 Å². The van der Waals surface area contributed by atoms with Gasteiger partial charge in [0.25, 0.3) is 6.71 Å². The van der Waals surface area contributed by atoms with E-state index in [1.807, 2.05) is 18.2 Å². The van der Waals surface area contributed by atoms with E-state index in [0.29, 0.717) is 5.02 Å². The smallest absolute Gasteiger partial charge is 0.252 e. The highest BCUT2D eigenvalue weighted by atomic mass is 35.5. The Labute approximate surface area is 547 Å². The van der Waals surface area contributed by atoms with Crippen LogP contribution in [0.15, 0.2) is 364 Å². The Balaban J connectivity index is 0.000000164. The summed E-state index contributed by atoms with van der Waals surface area (Å²) in [5.41, 5.74) is 26.5. The van der Waals surface area contributed by atoms with Crippen molar-refractivity contribution in [2.75, 3.05) is 19.6 Å². The molecule has 0 amide bonds. The highest BCUT2D eigenvalue weighted by molar-refractivity contribution is 7.00. The van der Waals surface area contributed by atoms with Gasteiger partial charge in [-0.25, -0.2) is 0 Å². The van der Waals surface area contributed by atoms with Crippen molar-refractivity contribution in [3.63, 3.8) is 0 Å². The third-order valence-electron chi connectivity index (χ3n) is 17.1. The number of anilines is 12.